The van der Waals surface area contributed by atoms with Crippen molar-refractivity contribution in [2.24, 2.45) is 0 Å². The lowest BCUT2D eigenvalue weighted by molar-refractivity contribution is 0.0238. The minimum absolute atomic E-state index is 0.379. The average molecular weight is 262 g/mol. The van der Waals surface area contributed by atoms with Gasteiger partial charge in [0, 0.05) is 19.6 Å². The van der Waals surface area contributed by atoms with Crippen LogP contribution in [-0.4, -0.2) is 32.3 Å². The van der Waals surface area contributed by atoms with E-state index in [0.29, 0.717) is 12.0 Å². The lowest BCUT2D eigenvalue weighted by atomic mass is 10.0. The standard InChI is InChI=1S/C16H26N2O/c1-13(2)15-5-3-14(4-6-15)11-17-8-7-16-12-18-9-10-19-16/h3-6,13,16-18H,7-12H2,1-2H3. The Morgan fingerprint density at radius 3 is 2.74 bits per heavy atom. The maximum atomic E-state index is 5.67. The van der Waals surface area contributed by atoms with Crippen LogP contribution in [0.25, 0.3) is 0 Å². The molecule has 1 aromatic rings. The first-order valence-electron chi connectivity index (χ1n) is 7.37. The molecular weight excluding hydrogens is 236 g/mol. The van der Waals surface area contributed by atoms with Crippen LogP contribution >= 0.6 is 0 Å². The van der Waals surface area contributed by atoms with Gasteiger partial charge in [0.25, 0.3) is 0 Å². The molecule has 0 radical (unpaired) electrons. The largest absolute Gasteiger partial charge is 0.376 e. The summed E-state index contributed by atoms with van der Waals surface area (Å²) in [5.74, 6) is 0.609. The van der Waals surface area contributed by atoms with Gasteiger partial charge >= 0.3 is 0 Å². The van der Waals surface area contributed by atoms with Gasteiger partial charge in [-0.05, 0) is 30.0 Å². The van der Waals surface area contributed by atoms with Gasteiger partial charge in [0.05, 0.1) is 12.7 Å². The molecule has 1 atom stereocenters. The zero-order valence-electron chi connectivity index (χ0n) is 12.1. The maximum Gasteiger partial charge on any atom is 0.0712 e. The lowest BCUT2D eigenvalue weighted by Gasteiger charge is -2.23. The molecule has 106 valence electrons. The molecule has 1 heterocycles. The highest BCUT2D eigenvalue weighted by Crippen LogP contribution is 2.14. The summed E-state index contributed by atoms with van der Waals surface area (Å²) in [6.45, 7) is 9.24. The summed E-state index contributed by atoms with van der Waals surface area (Å²) in [5.41, 5.74) is 2.76. The predicted octanol–water partition coefficient (Wildman–Crippen LogP) is 2.28. The first-order valence-corrected chi connectivity index (χ1v) is 7.37. The van der Waals surface area contributed by atoms with Gasteiger partial charge in [0.2, 0.25) is 0 Å². The van der Waals surface area contributed by atoms with E-state index < -0.39 is 0 Å². The first-order chi connectivity index (χ1) is 9.25. The third-order valence-electron chi connectivity index (χ3n) is 3.62. The van der Waals surface area contributed by atoms with Crippen molar-refractivity contribution in [2.45, 2.75) is 38.8 Å². The van der Waals surface area contributed by atoms with Crippen LogP contribution in [0.2, 0.25) is 0 Å². The van der Waals surface area contributed by atoms with Crippen LogP contribution in [0.1, 0.15) is 37.3 Å². The molecule has 1 saturated heterocycles. The molecule has 1 aromatic carbocycles. The first kappa shape index (κ1) is 14.5. The van der Waals surface area contributed by atoms with Gasteiger partial charge < -0.3 is 15.4 Å². The number of hydrogen-bond acceptors (Lipinski definition) is 3. The minimum atomic E-state index is 0.379. The molecule has 0 amide bonds. The van der Waals surface area contributed by atoms with Crippen LogP contribution in [0.3, 0.4) is 0 Å². The smallest absolute Gasteiger partial charge is 0.0712 e. The quantitative estimate of drug-likeness (QED) is 0.772. The molecule has 0 saturated carbocycles. The van der Waals surface area contributed by atoms with Gasteiger partial charge in [-0.15, -0.1) is 0 Å². The molecule has 3 nitrogen and oxygen atoms in total. The van der Waals surface area contributed by atoms with E-state index in [1.165, 1.54) is 11.1 Å². The number of morpholine rings is 1. The molecule has 1 aliphatic heterocycles. The van der Waals surface area contributed by atoms with Crippen LogP contribution in [0.4, 0.5) is 0 Å². The van der Waals surface area contributed by atoms with E-state index in [9.17, 15) is 0 Å². The Balaban J connectivity index is 1.64. The van der Waals surface area contributed by atoms with Crippen molar-refractivity contribution in [1.29, 1.82) is 0 Å². The predicted molar refractivity (Wildman–Crippen MR) is 79.5 cm³/mol. The zero-order valence-corrected chi connectivity index (χ0v) is 12.1. The van der Waals surface area contributed by atoms with Gasteiger partial charge in [0.15, 0.2) is 0 Å². The molecule has 19 heavy (non-hydrogen) atoms. The zero-order chi connectivity index (χ0) is 13.5. The summed E-state index contributed by atoms with van der Waals surface area (Å²) in [4.78, 5) is 0. The molecule has 2 N–H and O–H groups in total. The number of ether oxygens (including phenoxy) is 1. The van der Waals surface area contributed by atoms with E-state index >= 15 is 0 Å². The molecule has 0 aromatic heterocycles. The maximum absolute atomic E-state index is 5.67. The fraction of sp³-hybridized carbons (Fsp3) is 0.625. The summed E-state index contributed by atoms with van der Waals surface area (Å²) < 4.78 is 5.67. The average Bonchev–Trinajstić information content (AvgIpc) is 2.45. The third-order valence-corrected chi connectivity index (χ3v) is 3.62. The van der Waals surface area contributed by atoms with E-state index in [1.54, 1.807) is 0 Å². The van der Waals surface area contributed by atoms with Crippen LogP contribution in [-0.2, 0) is 11.3 Å². The molecule has 1 aliphatic rings. The Labute approximate surface area is 116 Å². The monoisotopic (exact) mass is 262 g/mol. The Hall–Kier alpha value is -0.900. The molecule has 1 fully saturated rings. The normalized spacial score (nSPS) is 19.8. The number of hydrogen-bond donors (Lipinski definition) is 2. The van der Waals surface area contributed by atoms with Crippen molar-refractivity contribution < 1.29 is 4.74 Å². The third kappa shape index (κ3) is 4.94. The van der Waals surface area contributed by atoms with E-state index in [-0.39, 0.29) is 0 Å². The van der Waals surface area contributed by atoms with Crippen molar-refractivity contribution in [3.63, 3.8) is 0 Å². The van der Waals surface area contributed by atoms with Crippen molar-refractivity contribution in [3.8, 4) is 0 Å². The fourth-order valence-electron chi connectivity index (χ4n) is 2.32. The van der Waals surface area contributed by atoms with E-state index in [1.807, 2.05) is 0 Å². The summed E-state index contributed by atoms with van der Waals surface area (Å²) in [6, 6.07) is 8.91. The van der Waals surface area contributed by atoms with Crippen molar-refractivity contribution in [2.75, 3.05) is 26.2 Å². The highest BCUT2D eigenvalue weighted by molar-refractivity contribution is 5.24. The second kappa shape index (κ2) is 7.63. The molecule has 1 unspecified atom stereocenters. The van der Waals surface area contributed by atoms with Crippen molar-refractivity contribution in [3.05, 3.63) is 35.4 Å². The lowest BCUT2D eigenvalue weighted by Crippen LogP contribution is -2.39. The Morgan fingerprint density at radius 2 is 2.11 bits per heavy atom. The Bertz CT molecular complexity index is 356. The van der Waals surface area contributed by atoms with Crippen LogP contribution < -0.4 is 10.6 Å². The van der Waals surface area contributed by atoms with Gasteiger partial charge in [-0.1, -0.05) is 38.1 Å². The van der Waals surface area contributed by atoms with E-state index in [0.717, 1.165) is 39.2 Å². The van der Waals surface area contributed by atoms with Gasteiger partial charge in [-0.25, -0.2) is 0 Å². The number of rotatable bonds is 6. The summed E-state index contributed by atoms with van der Waals surface area (Å²) in [6.07, 6.45) is 1.46. The highest BCUT2D eigenvalue weighted by atomic mass is 16.5. The molecule has 0 aliphatic carbocycles. The van der Waals surface area contributed by atoms with Gasteiger partial charge in [-0.2, -0.15) is 0 Å². The SMILES string of the molecule is CC(C)c1ccc(CNCCC2CNCCO2)cc1. The van der Waals surface area contributed by atoms with E-state index in [4.69, 9.17) is 4.74 Å². The van der Waals surface area contributed by atoms with Crippen LogP contribution in [0.5, 0.6) is 0 Å². The van der Waals surface area contributed by atoms with Gasteiger partial charge in [-0.3, -0.25) is 0 Å². The van der Waals surface area contributed by atoms with Crippen molar-refractivity contribution >= 4 is 0 Å². The highest BCUT2D eigenvalue weighted by Gasteiger charge is 2.12. The van der Waals surface area contributed by atoms with Gasteiger partial charge in [0.1, 0.15) is 0 Å². The topological polar surface area (TPSA) is 33.3 Å². The molecule has 0 spiro atoms. The number of nitrogens with one attached hydrogen (secondary N) is 2. The van der Waals surface area contributed by atoms with Crippen molar-refractivity contribution in [1.82, 2.24) is 10.6 Å². The number of benzene rings is 1. The summed E-state index contributed by atoms with van der Waals surface area (Å²) >= 11 is 0. The second-order valence-corrected chi connectivity index (χ2v) is 5.56. The van der Waals surface area contributed by atoms with E-state index in [2.05, 4.69) is 48.7 Å². The Kier molecular flexibility index (Phi) is 5.83. The molecule has 2 rings (SSSR count). The summed E-state index contributed by atoms with van der Waals surface area (Å²) in [5, 5.41) is 6.85. The minimum Gasteiger partial charge on any atom is -0.376 e. The van der Waals surface area contributed by atoms with Crippen LogP contribution in [0, 0.1) is 0 Å². The molecule has 0 bridgehead atoms. The Morgan fingerprint density at radius 1 is 1.32 bits per heavy atom. The second-order valence-electron chi connectivity index (χ2n) is 5.56. The molecular formula is C16H26N2O. The van der Waals surface area contributed by atoms with Crippen LogP contribution in [0.15, 0.2) is 24.3 Å². The molecule has 3 heteroatoms. The fourth-order valence-corrected chi connectivity index (χ4v) is 2.32. The summed E-state index contributed by atoms with van der Waals surface area (Å²) in [7, 11) is 0.